The first-order valence-corrected chi connectivity index (χ1v) is 5.08. The van der Waals surface area contributed by atoms with Gasteiger partial charge in [0.1, 0.15) is 11.8 Å². The minimum absolute atomic E-state index is 0.389. The Labute approximate surface area is 99.4 Å². The molecule has 0 aliphatic carbocycles. The zero-order valence-electron chi connectivity index (χ0n) is 9.40. The van der Waals surface area contributed by atoms with Crippen LogP contribution in [-0.4, -0.2) is 37.2 Å². The number of carboxylic acids is 1. The summed E-state index contributed by atoms with van der Waals surface area (Å²) >= 11 is 6.02. The van der Waals surface area contributed by atoms with E-state index in [0.29, 0.717) is 16.3 Å². The van der Waals surface area contributed by atoms with Crippen molar-refractivity contribution in [1.29, 1.82) is 0 Å². The monoisotopic (exact) mass is 243 g/mol. The molecule has 0 fully saturated rings. The summed E-state index contributed by atoms with van der Waals surface area (Å²) in [5, 5.41) is 9.51. The second-order valence-corrected chi connectivity index (χ2v) is 4.00. The number of hydrogen-bond donors (Lipinski definition) is 1. The third-order valence-electron chi connectivity index (χ3n) is 2.25. The zero-order chi connectivity index (χ0) is 12.3. The van der Waals surface area contributed by atoms with Crippen LogP contribution < -0.4 is 4.74 Å². The van der Waals surface area contributed by atoms with Gasteiger partial charge in [-0.25, -0.2) is 0 Å². The molecule has 0 heterocycles. The molecule has 0 saturated carbocycles. The van der Waals surface area contributed by atoms with Crippen LogP contribution in [0, 0.1) is 0 Å². The van der Waals surface area contributed by atoms with Crippen molar-refractivity contribution < 1.29 is 14.6 Å². The molecule has 1 N–H and O–H groups in total. The van der Waals surface area contributed by atoms with Crippen molar-refractivity contribution >= 4 is 17.6 Å². The molecule has 5 heteroatoms. The maximum absolute atomic E-state index is 11.1. The number of ether oxygens (including phenoxy) is 1. The fourth-order valence-electron chi connectivity index (χ4n) is 1.49. The standard InChI is InChI=1S/C11H14ClNO3/c1-13(2)10(11(14)15)8-5-4-7(16-3)6-9(8)12/h4-6,10H,1-3H3,(H,14,15). The van der Waals surface area contributed by atoms with Gasteiger partial charge in [-0.1, -0.05) is 17.7 Å². The van der Waals surface area contributed by atoms with E-state index in [1.165, 1.54) is 7.11 Å². The summed E-state index contributed by atoms with van der Waals surface area (Å²) in [7, 11) is 4.92. The summed E-state index contributed by atoms with van der Waals surface area (Å²) in [5.74, 6) is -0.325. The van der Waals surface area contributed by atoms with Gasteiger partial charge in [0.2, 0.25) is 0 Å². The number of carbonyl (C=O) groups is 1. The number of halogens is 1. The van der Waals surface area contributed by atoms with E-state index in [4.69, 9.17) is 21.4 Å². The summed E-state index contributed by atoms with van der Waals surface area (Å²) in [5.41, 5.74) is 0.556. The van der Waals surface area contributed by atoms with E-state index in [1.54, 1.807) is 37.2 Å². The molecule has 0 aliphatic heterocycles. The molecule has 1 rings (SSSR count). The van der Waals surface area contributed by atoms with Crippen LogP contribution >= 0.6 is 11.6 Å². The molecular weight excluding hydrogens is 230 g/mol. The molecule has 0 aliphatic rings. The van der Waals surface area contributed by atoms with E-state index < -0.39 is 12.0 Å². The quantitative estimate of drug-likeness (QED) is 0.879. The van der Waals surface area contributed by atoms with Gasteiger partial charge < -0.3 is 9.84 Å². The molecule has 0 bridgehead atoms. The van der Waals surface area contributed by atoms with E-state index in [2.05, 4.69) is 0 Å². The van der Waals surface area contributed by atoms with Crippen LogP contribution in [0.15, 0.2) is 18.2 Å². The van der Waals surface area contributed by atoms with Gasteiger partial charge in [0.15, 0.2) is 0 Å². The molecule has 1 unspecified atom stereocenters. The Morgan fingerprint density at radius 3 is 2.50 bits per heavy atom. The summed E-state index contributed by atoms with van der Waals surface area (Å²) in [6.07, 6.45) is 0. The van der Waals surface area contributed by atoms with Crippen LogP contribution in [0.25, 0.3) is 0 Å². The molecule has 0 amide bonds. The first-order chi connectivity index (χ1) is 7.47. The van der Waals surface area contributed by atoms with Gasteiger partial charge in [-0.05, 0) is 31.8 Å². The van der Waals surface area contributed by atoms with Crippen LogP contribution in [0.2, 0.25) is 5.02 Å². The number of likely N-dealkylation sites (N-methyl/N-ethyl adjacent to an activating group) is 1. The second kappa shape index (κ2) is 5.18. The summed E-state index contributed by atoms with van der Waals surface area (Å²) in [6.45, 7) is 0. The molecule has 0 spiro atoms. The van der Waals surface area contributed by atoms with Gasteiger partial charge in [0.25, 0.3) is 0 Å². The number of rotatable bonds is 4. The first-order valence-electron chi connectivity index (χ1n) is 4.70. The molecule has 4 nitrogen and oxygen atoms in total. The van der Waals surface area contributed by atoms with Crippen molar-refractivity contribution in [1.82, 2.24) is 4.90 Å². The summed E-state index contributed by atoms with van der Waals surface area (Å²) in [4.78, 5) is 12.7. The third-order valence-corrected chi connectivity index (χ3v) is 2.58. The highest BCUT2D eigenvalue weighted by molar-refractivity contribution is 6.31. The van der Waals surface area contributed by atoms with Crippen LogP contribution in [0.4, 0.5) is 0 Å². The fourth-order valence-corrected chi connectivity index (χ4v) is 1.76. The van der Waals surface area contributed by atoms with Gasteiger partial charge in [0, 0.05) is 5.02 Å². The largest absolute Gasteiger partial charge is 0.497 e. The predicted octanol–water partition coefficient (Wildman–Crippen LogP) is 2.04. The van der Waals surface area contributed by atoms with Crippen molar-refractivity contribution in [3.05, 3.63) is 28.8 Å². The molecule has 1 aromatic carbocycles. The highest BCUT2D eigenvalue weighted by Gasteiger charge is 2.24. The zero-order valence-corrected chi connectivity index (χ0v) is 10.2. The van der Waals surface area contributed by atoms with Crippen molar-refractivity contribution in [2.45, 2.75) is 6.04 Å². The fraction of sp³-hybridized carbons (Fsp3) is 0.364. The lowest BCUT2D eigenvalue weighted by Gasteiger charge is -2.21. The van der Waals surface area contributed by atoms with Crippen LogP contribution in [0.5, 0.6) is 5.75 Å². The Bertz CT molecular complexity index is 393. The molecule has 1 aromatic rings. The summed E-state index contributed by atoms with van der Waals surface area (Å²) in [6, 6.07) is 4.22. The Kier molecular flexibility index (Phi) is 4.15. The van der Waals surface area contributed by atoms with Crippen molar-refractivity contribution in [2.24, 2.45) is 0 Å². The molecule has 1 atom stereocenters. The number of hydrogen-bond acceptors (Lipinski definition) is 3. The Balaban J connectivity index is 3.15. The molecular formula is C11H14ClNO3. The third kappa shape index (κ3) is 2.65. The second-order valence-electron chi connectivity index (χ2n) is 3.59. The minimum Gasteiger partial charge on any atom is -0.497 e. The van der Waals surface area contributed by atoms with Gasteiger partial charge in [-0.15, -0.1) is 0 Å². The SMILES string of the molecule is COc1ccc(C(C(=O)O)N(C)C)c(Cl)c1. The van der Waals surface area contributed by atoms with Crippen LogP contribution in [0.1, 0.15) is 11.6 Å². The number of nitrogens with zero attached hydrogens (tertiary/aromatic N) is 1. The van der Waals surface area contributed by atoms with Crippen molar-refractivity contribution in [2.75, 3.05) is 21.2 Å². The van der Waals surface area contributed by atoms with Crippen LogP contribution in [-0.2, 0) is 4.79 Å². The van der Waals surface area contributed by atoms with E-state index in [9.17, 15) is 4.79 Å². The topological polar surface area (TPSA) is 49.8 Å². The molecule has 16 heavy (non-hydrogen) atoms. The average Bonchev–Trinajstić information content (AvgIpc) is 2.19. The van der Waals surface area contributed by atoms with Gasteiger partial charge in [-0.3, -0.25) is 9.69 Å². The lowest BCUT2D eigenvalue weighted by atomic mass is 10.1. The number of carboxylic acid groups (broad SMARTS) is 1. The lowest BCUT2D eigenvalue weighted by Crippen LogP contribution is -2.27. The first kappa shape index (κ1) is 12.8. The highest BCUT2D eigenvalue weighted by atomic mass is 35.5. The molecule has 0 saturated heterocycles. The molecule has 0 aromatic heterocycles. The molecule has 0 radical (unpaired) electrons. The van der Waals surface area contributed by atoms with Crippen LogP contribution in [0.3, 0.4) is 0 Å². The number of aliphatic carboxylic acids is 1. The number of methoxy groups -OCH3 is 1. The van der Waals surface area contributed by atoms with E-state index >= 15 is 0 Å². The maximum atomic E-state index is 11.1. The smallest absolute Gasteiger partial charge is 0.325 e. The summed E-state index contributed by atoms with van der Waals surface area (Å²) < 4.78 is 5.01. The Morgan fingerprint density at radius 1 is 1.50 bits per heavy atom. The van der Waals surface area contributed by atoms with Gasteiger partial charge >= 0.3 is 5.97 Å². The van der Waals surface area contributed by atoms with Crippen molar-refractivity contribution in [3.8, 4) is 5.75 Å². The van der Waals surface area contributed by atoms with E-state index in [1.807, 2.05) is 0 Å². The van der Waals surface area contributed by atoms with Crippen molar-refractivity contribution in [3.63, 3.8) is 0 Å². The minimum atomic E-state index is -0.933. The normalized spacial score (nSPS) is 12.6. The van der Waals surface area contributed by atoms with Gasteiger partial charge in [-0.2, -0.15) is 0 Å². The maximum Gasteiger partial charge on any atom is 0.325 e. The van der Waals surface area contributed by atoms with E-state index in [-0.39, 0.29) is 0 Å². The lowest BCUT2D eigenvalue weighted by molar-refractivity contribution is -0.142. The average molecular weight is 244 g/mol. The van der Waals surface area contributed by atoms with Gasteiger partial charge in [0.05, 0.1) is 7.11 Å². The predicted molar refractivity (Wildman–Crippen MR) is 62.1 cm³/mol. The Morgan fingerprint density at radius 2 is 2.12 bits per heavy atom. The highest BCUT2D eigenvalue weighted by Crippen LogP contribution is 2.29. The van der Waals surface area contributed by atoms with E-state index in [0.717, 1.165) is 0 Å². The molecule has 88 valence electrons. The number of benzene rings is 1. The Hall–Kier alpha value is -1.26.